The highest BCUT2D eigenvalue weighted by Gasteiger charge is 2.47. The minimum Gasteiger partial charge on any atom is -0.392 e. The van der Waals surface area contributed by atoms with E-state index in [0.29, 0.717) is 10.0 Å². The molecule has 2 aliphatic rings. The number of rotatable bonds is 4. The molecule has 5 rings (SSSR count). The molecule has 1 aromatic carbocycles. The van der Waals surface area contributed by atoms with Crippen LogP contribution in [-0.4, -0.2) is 46.3 Å². The van der Waals surface area contributed by atoms with E-state index in [1.165, 1.54) is 11.8 Å². The van der Waals surface area contributed by atoms with E-state index in [1.807, 2.05) is 18.3 Å². The van der Waals surface area contributed by atoms with E-state index in [4.69, 9.17) is 33.7 Å². The molecule has 3 aromatic rings. The first kappa shape index (κ1) is 22.3. The van der Waals surface area contributed by atoms with Crippen molar-refractivity contribution in [3.05, 3.63) is 52.3 Å². The predicted molar refractivity (Wildman–Crippen MR) is 129 cm³/mol. The summed E-state index contributed by atoms with van der Waals surface area (Å²) in [4.78, 5) is 8.67. The van der Waals surface area contributed by atoms with Gasteiger partial charge in [-0.15, -0.1) is 0 Å². The van der Waals surface area contributed by atoms with Gasteiger partial charge in [0.1, 0.15) is 5.82 Å². The van der Waals surface area contributed by atoms with Gasteiger partial charge in [-0.25, -0.2) is 4.98 Å². The van der Waals surface area contributed by atoms with Gasteiger partial charge in [-0.1, -0.05) is 41.0 Å². The second-order valence-electron chi connectivity index (χ2n) is 8.68. The molecule has 3 N–H and O–H groups in total. The molecule has 0 bridgehead atoms. The summed E-state index contributed by atoms with van der Waals surface area (Å²) in [6.07, 6.45) is 5.83. The highest BCUT2D eigenvalue weighted by Crippen LogP contribution is 2.44. The maximum atomic E-state index is 10.2. The summed E-state index contributed by atoms with van der Waals surface area (Å²) in [5, 5.41) is 11.2. The minimum absolute atomic E-state index is 0.0584. The van der Waals surface area contributed by atoms with Gasteiger partial charge in [0.25, 0.3) is 0 Å². The Labute approximate surface area is 201 Å². The van der Waals surface area contributed by atoms with Crippen molar-refractivity contribution in [2.75, 3.05) is 24.6 Å². The molecule has 2 aliphatic heterocycles. The smallest absolute Gasteiger partial charge is 0.152 e. The van der Waals surface area contributed by atoms with Crippen LogP contribution in [0.2, 0.25) is 10.0 Å². The van der Waals surface area contributed by atoms with Gasteiger partial charge in [-0.05, 0) is 43.5 Å². The molecule has 0 saturated carbocycles. The zero-order valence-corrected chi connectivity index (χ0v) is 20.1. The normalized spacial score (nSPS) is 22.8. The number of aliphatic hydroxyl groups excluding tert-OH is 1. The van der Waals surface area contributed by atoms with E-state index in [-0.39, 0.29) is 24.2 Å². The standard InChI is InChI=1S/C23H26Cl2N4O2S/c1-14-21(26)23(13-31-14)5-8-28(9-6-23)18-11-15(12-30)20(22-27-7-10-29(18)22)32-17-4-2-3-16(24)19(17)25/h2-4,7,10-11,14,21,30H,5-6,8-9,12-13,26H2,1H3. The summed E-state index contributed by atoms with van der Waals surface area (Å²) in [5.74, 6) is 1.03. The zero-order valence-electron chi connectivity index (χ0n) is 17.8. The largest absolute Gasteiger partial charge is 0.392 e. The van der Waals surface area contributed by atoms with Gasteiger partial charge < -0.3 is 20.5 Å². The number of halogens is 2. The number of benzene rings is 1. The lowest BCUT2D eigenvalue weighted by Gasteiger charge is -2.42. The SMILES string of the molecule is CC1OCC2(CCN(c3cc(CO)c(Sc4cccc(Cl)c4Cl)c4nccn34)CC2)C1N. The highest BCUT2D eigenvalue weighted by atomic mass is 35.5. The number of hydrogen-bond acceptors (Lipinski definition) is 6. The second-order valence-corrected chi connectivity index (χ2v) is 10.5. The van der Waals surface area contributed by atoms with Crippen LogP contribution in [0.1, 0.15) is 25.3 Å². The van der Waals surface area contributed by atoms with Gasteiger partial charge >= 0.3 is 0 Å². The van der Waals surface area contributed by atoms with Crippen molar-refractivity contribution < 1.29 is 9.84 Å². The average Bonchev–Trinajstić information content (AvgIpc) is 3.39. The Bertz CT molecular complexity index is 1150. The Morgan fingerprint density at radius 1 is 1.31 bits per heavy atom. The van der Waals surface area contributed by atoms with Crippen LogP contribution in [0, 0.1) is 5.41 Å². The molecule has 0 amide bonds. The van der Waals surface area contributed by atoms with Crippen molar-refractivity contribution in [2.24, 2.45) is 11.1 Å². The van der Waals surface area contributed by atoms with Crippen LogP contribution in [0.3, 0.4) is 0 Å². The summed E-state index contributed by atoms with van der Waals surface area (Å²) in [7, 11) is 0. The number of hydrogen-bond donors (Lipinski definition) is 2. The van der Waals surface area contributed by atoms with Crippen LogP contribution in [0.25, 0.3) is 5.65 Å². The van der Waals surface area contributed by atoms with Gasteiger partial charge in [0, 0.05) is 41.8 Å². The maximum absolute atomic E-state index is 10.2. The lowest BCUT2D eigenvalue weighted by Crippen LogP contribution is -2.50. The first-order chi connectivity index (χ1) is 15.4. The van der Waals surface area contributed by atoms with Crippen LogP contribution >= 0.6 is 35.0 Å². The molecule has 2 fully saturated rings. The Morgan fingerprint density at radius 2 is 2.09 bits per heavy atom. The molecule has 2 unspecified atom stereocenters. The fourth-order valence-corrected chi connectivity index (χ4v) is 6.43. The van der Waals surface area contributed by atoms with Crippen molar-refractivity contribution in [2.45, 2.75) is 48.3 Å². The number of nitrogens with zero attached hydrogens (tertiary/aromatic N) is 3. The quantitative estimate of drug-likeness (QED) is 0.553. The van der Waals surface area contributed by atoms with Crippen LogP contribution in [0.15, 0.2) is 46.5 Å². The highest BCUT2D eigenvalue weighted by molar-refractivity contribution is 7.99. The topological polar surface area (TPSA) is 76.0 Å². The summed E-state index contributed by atoms with van der Waals surface area (Å²) in [5.41, 5.74) is 8.16. The maximum Gasteiger partial charge on any atom is 0.152 e. The molecule has 0 radical (unpaired) electrons. The number of pyridine rings is 1. The van der Waals surface area contributed by atoms with E-state index in [2.05, 4.69) is 27.3 Å². The molecule has 170 valence electrons. The molecule has 2 aromatic heterocycles. The van der Waals surface area contributed by atoms with Crippen LogP contribution in [-0.2, 0) is 11.3 Å². The monoisotopic (exact) mass is 492 g/mol. The van der Waals surface area contributed by atoms with Crippen molar-refractivity contribution in [3.63, 3.8) is 0 Å². The average molecular weight is 493 g/mol. The molecule has 4 heterocycles. The molecule has 0 aliphatic carbocycles. The van der Waals surface area contributed by atoms with E-state index >= 15 is 0 Å². The van der Waals surface area contributed by atoms with Gasteiger partial charge in [0.2, 0.25) is 0 Å². The van der Waals surface area contributed by atoms with Crippen LogP contribution < -0.4 is 10.6 Å². The Hall–Kier alpha value is -1.48. The van der Waals surface area contributed by atoms with E-state index in [9.17, 15) is 5.11 Å². The number of aromatic nitrogens is 2. The number of piperidine rings is 1. The molecular weight excluding hydrogens is 467 g/mol. The fraction of sp³-hybridized carbons (Fsp3) is 0.435. The number of imidazole rings is 1. The molecule has 2 saturated heterocycles. The fourth-order valence-electron chi connectivity index (χ4n) is 4.89. The summed E-state index contributed by atoms with van der Waals surface area (Å²) < 4.78 is 7.96. The van der Waals surface area contributed by atoms with Crippen molar-refractivity contribution in [3.8, 4) is 0 Å². The predicted octanol–water partition coefficient (Wildman–Crippen LogP) is 4.62. The van der Waals surface area contributed by atoms with Crippen LogP contribution in [0.4, 0.5) is 5.82 Å². The number of fused-ring (bicyclic) bond motifs is 1. The summed E-state index contributed by atoms with van der Waals surface area (Å²) >= 11 is 14.1. The number of nitrogens with two attached hydrogens (primary N) is 1. The van der Waals surface area contributed by atoms with Gasteiger partial charge in [0.15, 0.2) is 5.65 Å². The number of ether oxygens (including phenoxy) is 1. The molecule has 9 heteroatoms. The molecule has 1 spiro atoms. The van der Waals surface area contributed by atoms with E-state index < -0.39 is 0 Å². The van der Waals surface area contributed by atoms with Crippen molar-refractivity contribution in [1.29, 1.82) is 0 Å². The third-order valence-electron chi connectivity index (χ3n) is 6.91. The Morgan fingerprint density at radius 3 is 2.78 bits per heavy atom. The van der Waals surface area contributed by atoms with E-state index in [0.717, 1.165) is 59.4 Å². The molecule has 6 nitrogen and oxygen atoms in total. The third kappa shape index (κ3) is 3.69. The van der Waals surface area contributed by atoms with Gasteiger partial charge in [0.05, 0.1) is 34.3 Å². The lowest BCUT2D eigenvalue weighted by molar-refractivity contribution is 0.0974. The minimum atomic E-state index is -0.0924. The van der Waals surface area contributed by atoms with Crippen molar-refractivity contribution in [1.82, 2.24) is 9.38 Å². The summed E-state index contributed by atoms with van der Waals surface area (Å²) in [6, 6.07) is 7.69. The van der Waals surface area contributed by atoms with Gasteiger partial charge in [-0.2, -0.15) is 0 Å². The third-order valence-corrected chi connectivity index (χ3v) is 9.05. The van der Waals surface area contributed by atoms with Crippen molar-refractivity contribution >= 4 is 46.4 Å². The van der Waals surface area contributed by atoms with Crippen LogP contribution in [0.5, 0.6) is 0 Å². The van der Waals surface area contributed by atoms with E-state index in [1.54, 1.807) is 12.3 Å². The number of anilines is 1. The summed E-state index contributed by atoms with van der Waals surface area (Å²) in [6.45, 7) is 4.48. The zero-order chi connectivity index (χ0) is 22.5. The first-order valence-electron chi connectivity index (χ1n) is 10.8. The van der Waals surface area contributed by atoms with Gasteiger partial charge in [-0.3, -0.25) is 4.40 Å². The molecule has 2 atom stereocenters. The Balaban J connectivity index is 1.48. The second kappa shape index (κ2) is 8.70. The first-order valence-corrected chi connectivity index (χ1v) is 12.3. The molecular formula is C23H26Cl2N4O2S. The Kier molecular flexibility index (Phi) is 6.07. The molecule has 32 heavy (non-hydrogen) atoms. The number of aliphatic hydroxyl groups is 1. The lowest BCUT2D eigenvalue weighted by atomic mass is 9.73.